The minimum Gasteiger partial charge on any atom is -0.493 e. The predicted molar refractivity (Wildman–Crippen MR) is 73.2 cm³/mol. The van der Waals surface area contributed by atoms with Gasteiger partial charge in [0.2, 0.25) is 0 Å². The van der Waals surface area contributed by atoms with Crippen LogP contribution in [0.2, 0.25) is 0 Å². The molecule has 0 amide bonds. The summed E-state index contributed by atoms with van der Waals surface area (Å²) in [6.45, 7) is 1.98. The highest BCUT2D eigenvalue weighted by atomic mass is 16.5. The first-order chi connectivity index (χ1) is 9.24. The maximum atomic E-state index is 8.86. The minimum atomic E-state index is -0.0805. The largest absolute Gasteiger partial charge is 0.493 e. The molecule has 0 saturated carbocycles. The Morgan fingerprint density at radius 1 is 1.05 bits per heavy atom. The first-order valence-corrected chi connectivity index (χ1v) is 6.04. The van der Waals surface area contributed by atoms with Crippen LogP contribution in [0.25, 0.3) is 0 Å². The summed E-state index contributed by atoms with van der Waals surface area (Å²) < 4.78 is 11.1. The molecule has 0 aromatic heterocycles. The average Bonchev–Trinajstić information content (AvgIpc) is 2.48. The van der Waals surface area contributed by atoms with E-state index in [-0.39, 0.29) is 6.10 Å². The Labute approximate surface area is 113 Å². The molecule has 3 heteroatoms. The summed E-state index contributed by atoms with van der Waals surface area (Å²) in [6, 6.07) is 17.2. The van der Waals surface area contributed by atoms with Crippen LogP contribution in [0.1, 0.15) is 24.2 Å². The lowest BCUT2D eigenvalue weighted by atomic mass is 10.1. The fourth-order valence-corrected chi connectivity index (χ4v) is 1.82. The van der Waals surface area contributed by atoms with Gasteiger partial charge in [-0.2, -0.15) is 5.26 Å². The van der Waals surface area contributed by atoms with Crippen LogP contribution < -0.4 is 9.47 Å². The fourth-order valence-electron chi connectivity index (χ4n) is 1.82. The Morgan fingerprint density at radius 3 is 2.42 bits per heavy atom. The monoisotopic (exact) mass is 253 g/mol. The second-order valence-corrected chi connectivity index (χ2v) is 4.15. The van der Waals surface area contributed by atoms with Crippen LogP contribution in [0.5, 0.6) is 11.5 Å². The van der Waals surface area contributed by atoms with Gasteiger partial charge in [0.05, 0.1) is 18.7 Å². The van der Waals surface area contributed by atoms with Gasteiger partial charge >= 0.3 is 0 Å². The van der Waals surface area contributed by atoms with E-state index in [9.17, 15) is 0 Å². The summed E-state index contributed by atoms with van der Waals surface area (Å²) in [5.74, 6) is 1.21. The number of nitriles is 1. The number of methoxy groups -OCH3 is 1. The first kappa shape index (κ1) is 13.0. The van der Waals surface area contributed by atoms with Crippen LogP contribution in [0.15, 0.2) is 48.5 Å². The second kappa shape index (κ2) is 5.92. The number of benzene rings is 2. The quantitative estimate of drug-likeness (QED) is 0.834. The molecule has 0 fully saturated rings. The fraction of sp³-hybridized carbons (Fsp3) is 0.188. The summed E-state index contributed by atoms with van der Waals surface area (Å²) in [5, 5.41) is 8.86. The lowest BCUT2D eigenvalue weighted by Crippen LogP contribution is -2.04. The van der Waals surface area contributed by atoms with Gasteiger partial charge in [-0.1, -0.05) is 30.3 Å². The van der Waals surface area contributed by atoms with Gasteiger partial charge in [-0.15, -0.1) is 0 Å². The summed E-state index contributed by atoms with van der Waals surface area (Å²) in [6.07, 6.45) is -0.0805. The van der Waals surface area contributed by atoms with E-state index < -0.39 is 0 Å². The SMILES string of the molecule is COc1cc(C#N)ccc1OC(C)c1ccccc1. The molecule has 96 valence electrons. The van der Waals surface area contributed by atoms with Gasteiger partial charge in [-0.25, -0.2) is 0 Å². The van der Waals surface area contributed by atoms with E-state index in [1.165, 1.54) is 0 Å². The van der Waals surface area contributed by atoms with E-state index in [1.807, 2.05) is 37.3 Å². The van der Waals surface area contributed by atoms with Crippen molar-refractivity contribution in [2.75, 3.05) is 7.11 Å². The van der Waals surface area contributed by atoms with Crippen molar-refractivity contribution in [3.63, 3.8) is 0 Å². The van der Waals surface area contributed by atoms with Gasteiger partial charge in [0.1, 0.15) is 6.10 Å². The summed E-state index contributed by atoms with van der Waals surface area (Å²) in [5.41, 5.74) is 1.64. The Bertz CT molecular complexity index is 587. The lowest BCUT2D eigenvalue weighted by molar-refractivity contribution is 0.216. The van der Waals surface area contributed by atoms with Gasteiger partial charge in [0, 0.05) is 6.07 Å². The van der Waals surface area contributed by atoms with Gasteiger partial charge < -0.3 is 9.47 Å². The lowest BCUT2D eigenvalue weighted by Gasteiger charge is -2.17. The molecule has 0 radical (unpaired) electrons. The summed E-state index contributed by atoms with van der Waals surface area (Å²) in [7, 11) is 1.57. The second-order valence-electron chi connectivity index (χ2n) is 4.15. The highest BCUT2D eigenvalue weighted by Gasteiger charge is 2.11. The van der Waals surface area contributed by atoms with E-state index in [0.717, 1.165) is 5.56 Å². The molecule has 1 unspecified atom stereocenters. The van der Waals surface area contributed by atoms with Crippen LogP contribution in [0, 0.1) is 11.3 Å². The van der Waals surface area contributed by atoms with Crippen LogP contribution >= 0.6 is 0 Å². The molecule has 0 saturated heterocycles. The van der Waals surface area contributed by atoms with E-state index in [4.69, 9.17) is 14.7 Å². The van der Waals surface area contributed by atoms with Crippen molar-refractivity contribution in [2.45, 2.75) is 13.0 Å². The van der Waals surface area contributed by atoms with E-state index in [0.29, 0.717) is 17.1 Å². The topological polar surface area (TPSA) is 42.2 Å². The zero-order chi connectivity index (χ0) is 13.7. The van der Waals surface area contributed by atoms with Crippen molar-refractivity contribution in [1.82, 2.24) is 0 Å². The maximum absolute atomic E-state index is 8.86. The molecule has 3 nitrogen and oxygen atoms in total. The third-order valence-corrected chi connectivity index (χ3v) is 2.87. The standard InChI is InChI=1S/C16H15NO2/c1-12(14-6-4-3-5-7-14)19-15-9-8-13(11-17)10-16(15)18-2/h3-10,12H,1-2H3. The average molecular weight is 253 g/mol. The number of ether oxygens (including phenoxy) is 2. The number of rotatable bonds is 4. The van der Waals surface area contributed by atoms with Gasteiger partial charge in [0.25, 0.3) is 0 Å². The van der Waals surface area contributed by atoms with Crippen LogP contribution in [-0.4, -0.2) is 7.11 Å². The van der Waals surface area contributed by atoms with Crippen molar-refractivity contribution < 1.29 is 9.47 Å². The van der Waals surface area contributed by atoms with Gasteiger partial charge in [0.15, 0.2) is 11.5 Å². The zero-order valence-corrected chi connectivity index (χ0v) is 11.0. The highest BCUT2D eigenvalue weighted by Crippen LogP contribution is 2.31. The maximum Gasteiger partial charge on any atom is 0.162 e. The van der Waals surface area contributed by atoms with Gasteiger partial charge in [-0.3, -0.25) is 0 Å². The molecular formula is C16H15NO2. The smallest absolute Gasteiger partial charge is 0.162 e. The minimum absolute atomic E-state index is 0.0805. The molecular weight excluding hydrogens is 238 g/mol. The first-order valence-electron chi connectivity index (χ1n) is 6.04. The predicted octanol–water partition coefficient (Wildman–Crippen LogP) is 3.71. The van der Waals surface area contributed by atoms with E-state index in [2.05, 4.69) is 6.07 Å². The Balaban J connectivity index is 2.22. The third-order valence-electron chi connectivity index (χ3n) is 2.87. The molecule has 0 heterocycles. The number of nitrogens with zero attached hydrogens (tertiary/aromatic N) is 1. The molecule has 0 aliphatic rings. The van der Waals surface area contributed by atoms with Crippen LogP contribution in [0.4, 0.5) is 0 Å². The molecule has 2 aromatic rings. The van der Waals surface area contributed by atoms with Crippen molar-refractivity contribution in [3.8, 4) is 17.6 Å². The zero-order valence-electron chi connectivity index (χ0n) is 11.0. The van der Waals surface area contributed by atoms with Gasteiger partial charge in [-0.05, 0) is 24.6 Å². The molecule has 2 rings (SSSR count). The van der Waals surface area contributed by atoms with Crippen molar-refractivity contribution >= 4 is 0 Å². The van der Waals surface area contributed by atoms with E-state index >= 15 is 0 Å². The third kappa shape index (κ3) is 3.05. The molecule has 0 aliphatic carbocycles. The normalized spacial score (nSPS) is 11.4. The van der Waals surface area contributed by atoms with Crippen LogP contribution in [-0.2, 0) is 0 Å². The van der Waals surface area contributed by atoms with E-state index in [1.54, 1.807) is 25.3 Å². The molecule has 1 atom stereocenters. The van der Waals surface area contributed by atoms with Crippen molar-refractivity contribution in [2.24, 2.45) is 0 Å². The van der Waals surface area contributed by atoms with Crippen LogP contribution in [0.3, 0.4) is 0 Å². The molecule has 0 N–H and O–H groups in total. The number of hydrogen-bond acceptors (Lipinski definition) is 3. The molecule has 0 bridgehead atoms. The molecule has 2 aromatic carbocycles. The highest BCUT2D eigenvalue weighted by molar-refractivity contribution is 5.47. The Kier molecular flexibility index (Phi) is 4.04. The Hall–Kier alpha value is -2.47. The van der Waals surface area contributed by atoms with Crippen molar-refractivity contribution in [3.05, 3.63) is 59.7 Å². The summed E-state index contributed by atoms with van der Waals surface area (Å²) in [4.78, 5) is 0. The number of hydrogen-bond donors (Lipinski definition) is 0. The van der Waals surface area contributed by atoms with Crippen molar-refractivity contribution in [1.29, 1.82) is 5.26 Å². The molecule has 0 spiro atoms. The summed E-state index contributed by atoms with van der Waals surface area (Å²) >= 11 is 0. The molecule has 19 heavy (non-hydrogen) atoms. The Morgan fingerprint density at radius 2 is 1.79 bits per heavy atom. The molecule has 0 aliphatic heterocycles.